The minimum atomic E-state index is -0.786. The van der Waals surface area contributed by atoms with Gasteiger partial charge in [-0.2, -0.15) is 0 Å². The number of nitrogens with zero attached hydrogens (tertiary/aromatic N) is 1. The maximum absolute atomic E-state index is 12.0. The lowest BCUT2D eigenvalue weighted by Gasteiger charge is -2.26. The van der Waals surface area contributed by atoms with E-state index >= 15 is 0 Å². The smallest absolute Gasteiger partial charge is 0.308 e. The Balaban J connectivity index is 2.62. The van der Waals surface area contributed by atoms with Crippen LogP contribution in [0, 0.1) is 11.8 Å². The third kappa shape index (κ3) is 2.54. The van der Waals surface area contributed by atoms with E-state index in [-0.39, 0.29) is 17.9 Å². The maximum Gasteiger partial charge on any atom is 0.308 e. The van der Waals surface area contributed by atoms with Gasteiger partial charge in [-0.3, -0.25) is 9.59 Å². The van der Waals surface area contributed by atoms with Gasteiger partial charge in [0.2, 0.25) is 5.91 Å². The predicted octanol–water partition coefficient (Wildman–Crippen LogP) is 1.74. The van der Waals surface area contributed by atoms with Gasteiger partial charge >= 0.3 is 5.97 Å². The van der Waals surface area contributed by atoms with E-state index in [1.807, 2.05) is 13.8 Å². The number of aliphatic carboxylic acids is 1. The van der Waals surface area contributed by atoms with Crippen LogP contribution in [0.25, 0.3) is 0 Å². The van der Waals surface area contributed by atoms with Gasteiger partial charge in [0.1, 0.15) is 0 Å². The summed E-state index contributed by atoms with van der Waals surface area (Å²) in [5.74, 6) is -1.05. The number of likely N-dealkylation sites (tertiary alicyclic amines) is 1. The summed E-state index contributed by atoms with van der Waals surface area (Å²) in [7, 11) is 0. The van der Waals surface area contributed by atoms with Crippen molar-refractivity contribution in [3.63, 3.8) is 0 Å². The molecule has 92 valence electrons. The van der Waals surface area contributed by atoms with Crippen LogP contribution in [-0.4, -0.2) is 34.5 Å². The molecule has 0 aliphatic carbocycles. The molecule has 4 nitrogen and oxygen atoms in total. The fourth-order valence-corrected chi connectivity index (χ4v) is 2.42. The Bertz CT molecular complexity index is 277. The molecule has 0 aromatic heterocycles. The Labute approximate surface area is 96.6 Å². The Hall–Kier alpha value is -1.06. The highest BCUT2D eigenvalue weighted by molar-refractivity contribution is 5.81. The number of carboxylic acid groups (broad SMARTS) is 1. The standard InChI is InChI=1S/C12H21NO3/c1-4-5-8(2)11(14)13-7-6-10(9(13)3)12(15)16/h8-10H,4-7H2,1-3H3,(H,15,16). The molecule has 0 aromatic carbocycles. The van der Waals surface area contributed by atoms with Gasteiger partial charge in [0.05, 0.1) is 5.92 Å². The van der Waals surface area contributed by atoms with Crippen molar-refractivity contribution >= 4 is 11.9 Å². The van der Waals surface area contributed by atoms with Crippen molar-refractivity contribution in [2.45, 2.75) is 46.1 Å². The summed E-state index contributed by atoms with van der Waals surface area (Å²) < 4.78 is 0. The second-order valence-corrected chi connectivity index (χ2v) is 4.70. The Morgan fingerprint density at radius 2 is 2.12 bits per heavy atom. The van der Waals surface area contributed by atoms with Crippen molar-refractivity contribution in [3.8, 4) is 0 Å². The van der Waals surface area contributed by atoms with Crippen molar-refractivity contribution in [2.24, 2.45) is 11.8 Å². The van der Waals surface area contributed by atoms with Crippen LogP contribution >= 0.6 is 0 Å². The van der Waals surface area contributed by atoms with Gasteiger partial charge in [-0.05, 0) is 19.8 Å². The molecule has 1 aliphatic heterocycles. The zero-order chi connectivity index (χ0) is 12.3. The fourth-order valence-electron chi connectivity index (χ4n) is 2.42. The average Bonchev–Trinajstić information content (AvgIpc) is 2.59. The molecule has 0 saturated carbocycles. The van der Waals surface area contributed by atoms with E-state index in [2.05, 4.69) is 6.92 Å². The van der Waals surface area contributed by atoms with Crippen LogP contribution in [0.2, 0.25) is 0 Å². The summed E-state index contributed by atoms with van der Waals surface area (Å²) in [6.45, 7) is 6.40. The molecule has 0 radical (unpaired) electrons. The van der Waals surface area contributed by atoms with Crippen molar-refractivity contribution in [1.82, 2.24) is 4.90 Å². The van der Waals surface area contributed by atoms with E-state index < -0.39 is 11.9 Å². The highest BCUT2D eigenvalue weighted by atomic mass is 16.4. The van der Waals surface area contributed by atoms with Crippen LogP contribution in [0.15, 0.2) is 0 Å². The van der Waals surface area contributed by atoms with Crippen LogP contribution in [-0.2, 0) is 9.59 Å². The van der Waals surface area contributed by atoms with E-state index in [1.54, 1.807) is 4.90 Å². The summed E-state index contributed by atoms with van der Waals surface area (Å²) in [5, 5.41) is 8.99. The third-order valence-corrected chi connectivity index (χ3v) is 3.50. The van der Waals surface area contributed by atoms with Gasteiger partial charge in [0.15, 0.2) is 0 Å². The zero-order valence-corrected chi connectivity index (χ0v) is 10.3. The number of carbonyl (C=O) groups is 2. The first-order valence-electron chi connectivity index (χ1n) is 6.02. The molecule has 3 atom stereocenters. The lowest BCUT2D eigenvalue weighted by atomic mass is 10.0. The number of amides is 1. The van der Waals surface area contributed by atoms with Crippen molar-refractivity contribution in [3.05, 3.63) is 0 Å². The number of carboxylic acids is 1. The Morgan fingerprint density at radius 3 is 2.56 bits per heavy atom. The lowest BCUT2D eigenvalue weighted by Crippen LogP contribution is -2.40. The molecular weight excluding hydrogens is 206 g/mol. The van der Waals surface area contributed by atoms with E-state index in [0.29, 0.717) is 13.0 Å². The number of hydrogen-bond acceptors (Lipinski definition) is 2. The molecule has 0 aromatic rings. The Morgan fingerprint density at radius 1 is 1.50 bits per heavy atom. The monoisotopic (exact) mass is 227 g/mol. The third-order valence-electron chi connectivity index (χ3n) is 3.50. The van der Waals surface area contributed by atoms with Gasteiger partial charge in [-0.15, -0.1) is 0 Å². The molecule has 1 N–H and O–H groups in total. The number of rotatable bonds is 4. The molecule has 4 heteroatoms. The molecule has 16 heavy (non-hydrogen) atoms. The normalized spacial score (nSPS) is 26.8. The van der Waals surface area contributed by atoms with Crippen LogP contribution in [0.1, 0.15) is 40.0 Å². The van der Waals surface area contributed by atoms with Crippen LogP contribution in [0.5, 0.6) is 0 Å². The summed E-state index contributed by atoms with van der Waals surface area (Å²) >= 11 is 0. The topological polar surface area (TPSA) is 57.6 Å². The zero-order valence-electron chi connectivity index (χ0n) is 10.3. The van der Waals surface area contributed by atoms with Crippen LogP contribution in [0.3, 0.4) is 0 Å². The lowest BCUT2D eigenvalue weighted by molar-refractivity contribution is -0.143. The Kier molecular flexibility index (Phi) is 4.33. The SMILES string of the molecule is CCCC(C)C(=O)N1CCC(C(=O)O)C1C. The van der Waals surface area contributed by atoms with Gasteiger partial charge in [0, 0.05) is 18.5 Å². The molecule has 1 amide bonds. The van der Waals surface area contributed by atoms with E-state index in [4.69, 9.17) is 5.11 Å². The van der Waals surface area contributed by atoms with Gasteiger partial charge in [0.25, 0.3) is 0 Å². The first-order valence-corrected chi connectivity index (χ1v) is 6.02. The largest absolute Gasteiger partial charge is 0.481 e. The molecule has 1 aliphatic rings. The quantitative estimate of drug-likeness (QED) is 0.796. The first kappa shape index (κ1) is 13.0. The molecule has 3 unspecified atom stereocenters. The maximum atomic E-state index is 12.0. The molecule has 1 fully saturated rings. The van der Waals surface area contributed by atoms with E-state index in [1.165, 1.54) is 0 Å². The molecule has 0 spiro atoms. The summed E-state index contributed by atoms with van der Waals surface area (Å²) in [5.41, 5.74) is 0. The van der Waals surface area contributed by atoms with Gasteiger partial charge in [-0.25, -0.2) is 0 Å². The minimum Gasteiger partial charge on any atom is -0.481 e. The second kappa shape index (κ2) is 5.32. The minimum absolute atomic E-state index is 0.0139. The summed E-state index contributed by atoms with van der Waals surface area (Å²) in [4.78, 5) is 24.7. The predicted molar refractivity (Wildman–Crippen MR) is 61.0 cm³/mol. The summed E-state index contributed by atoms with van der Waals surface area (Å²) in [6, 6.07) is -0.163. The number of hydrogen-bond donors (Lipinski definition) is 1. The molecule has 1 rings (SSSR count). The highest BCUT2D eigenvalue weighted by Crippen LogP contribution is 2.26. The number of carbonyl (C=O) groups excluding carboxylic acids is 1. The second-order valence-electron chi connectivity index (χ2n) is 4.70. The van der Waals surface area contributed by atoms with Crippen molar-refractivity contribution in [2.75, 3.05) is 6.54 Å². The average molecular weight is 227 g/mol. The summed E-state index contributed by atoms with van der Waals surface area (Å²) in [6.07, 6.45) is 2.44. The molecular formula is C12H21NO3. The molecule has 1 saturated heterocycles. The van der Waals surface area contributed by atoms with E-state index in [9.17, 15) is 9.59 Å². The van der Waals surface area contributed by atoms with E-state index in [0.717, 1.165) is 12.8 Å². The van der Waals surface area contributed by atoms with Gasteiger partial charge in [-0.1, -0.05) is 20.3 Å². The van der Waals surface area contributed by atoms with Crippen molar-refractivity contribution < 1.29 is 14.7 Å². The first-order chi connectivity index (χ1) is 7.49. The highest BCUT2D eigenvalue weighted by Gasteiger charge is 2.38. The van der Waals surface area contributed by atoms with Crippen LogP contribution in [0.4, 0.5) is 0 Å². The molecule has 1 heterocycles. The van der Waals surface area contributed by atoms with Crippen LogP contribution < -0.4 is 0 Å². The van der Waals surface area contributed by atoms with Crippen molar-refractivity contribution in [1.29, 1.82) is 0 Å². The fraction of sp³-hybridized carbons (Fsp3) is 0.833. The molecule has 0 bridgehead atoms. The van der Waals surface area contributed by atoms with Gasteiger partial charge < -0.3 is 10.0 Å².